The largest absolute Gasteiger partial charge is 0.357 e. The monoisotopic (exact) mass is 430 g/mol. The molecule has 0 saturated carbocycles. The Hall–Kier alpha value is 0.310. The Labute approximate surface area is 153 Å². The van der Waals surface area contributed by atoms with E-state index in [4.69, 9.17) is 0 Å². The summed E-state index contributed by atoms with van der Waals surface area (Å²) in [4.78, 5) is 7.05. The van der Waals surface area contributed by atoms with Gasteiger partial charge in [-0.05, 0) is 47.4 Å². The molecule has 128 valence electrons. The molecule has 4 nitrogen and oxygen atoms in total. The van der Waals surface area contributed by atoms with E-state index in [1.54, 1.807) is 0 Å². The molecule has 0 aromatic heterocycles. The van der Waals surface area contributed by atoms with Crippen LogP contribution < -0.4 is 10.6 Å². The summed E-state index contributed by atoms with van der Waals surface area (Å²) in [6.07, 6.45) is 3.32. The molecule has 0 aliphatic heterocycles. The highest BCUT2D eigenvalue weighted by Crippen LogP contribution is 2.20. The van der Waals surface area contributed by atoms with Gasteiger partial charge in [-0.25, -0.2) is 0 Å². The van der Waals surface area contributed by atoms with Crippen molar-refractivity contribution >= 4 is 41.7 Å². The zero-order valence-corrected chi connectivity index (χ0v) is 18.0. The van der Waals surface area contributed by atoms with Crippen LogP contribution in [0.3, 0.4) is 0 Å². The second-order valence-corrected chi connectivity index (χ2v) is 7.34. The summed E-state index contributed by atoms with van der Waals surface area (Å²) in [5.41, 5.74) is 0. The smallest absolute Gasteiger partial charge is 0.191 e. The molecule has 0 fully saturated rings. The number of nitrogens with zero attached hydrogens (tertiary/aromatic N) is 2. The number of thioether (sulfide) groups is 1. The molecule has 0 amide bonds. The fourth-order valence-electron chi connectivity index (χ4n) is 1.56. The first kappa shape index (κ1) is 23.6. The molecule has 0 saturated heterocycles. The maximum absolute atomic E-state index is 4.67. The van der Waals surface area contributed by atoms with Crippen molar-refractivity contribution in [1.29, 1.82) is 0 Å². The predicted octanol–water partition coefficient (Wildman–Crippen LogP) is 3.03. The fourth-order valence-corrected chi connectivity index (χ4v) is 1.75. The quantitative estimate of drug-likeness (QED) is 0.335. The molecule has 21 heavy (non-hydrogen) atoms. The average molecular weight is 430 g/mol. The molecule has 0 aliphatic rings. The van der Waals surface area contributed by atoms with Gasteiger partial charge in [0.1, 0.15) is 0 Å². The van der Waals surface area contributed by atoms with Gasteiger partial charge in [0.15, 0.2) is 5.96 Å². The van der Waals surface area contributed by atoms with Gasteiger partial charge in [-0.3, -0.25) is 4.99 Å². The highest BCUT2D eigenvalue weighted by atomic mass is 127. The summed E-state index contributed by atoms with van der Waals surface area (Å²) in [5, 5.41) is 6.72. The molecule has 0 spiro atoms. The van der Waals surface area contributed by atoms with Crippen LogP contribution in [0.2, 0.25) is 0 Å². The van der Waals surface area contributed by atoms with Crippen LogP contribution in [0.5, 0.6) is 0 Å². The number of hydrogen-bond donors (Lipinski definition) is 2. The third-order valence-corrected chi connectivity index (χ3v) is 4.85. The summed E-state index contributed by atoms with van der Waals surface area (Å²) >= 11 is 1.85. The lowest BCUT2D eigenvalue weighted by atomic mass is 10.2. The minimum absolute atomic E-state index is 0. The zero-order valence-electron chi connectivity index (χ0n) is 14.8. The zero-order chi connectivity index (χ0) is 15.6. The molecule has 0 rings (SSSR count). The standard InChI is InChI=1S/C15H34N4S.HI/c1-8-13(3)19(6)11-10-17-14(16-9-2)18-12-15(4,5)20-7;/h13H,8-12H2,1-7H3,(H2,16,17,18);1H. The van der Waals surface area contributed by atoms with E-state index in [0.717, 1.165) is 32.1 Å². The molecule has 0 aromatic carbocycles. The van der Waals surface area contributed by atoms with Crippen LogP contribution in [-0.2, 0) is 0 Å². The SMILES string of the molecule is CCNC(=NCC(C)(C)SC)NCCN(C)C(C)CC.I. The van der Waals surface area contributed by atoms with Crippen molar-refractivity contribution in [2.45, 2.75) is 51.8 Å². The molecule has 1 atom stereocenters. The van der Waals surface area contributed by atoms with Crippen molar-refractivity contribution in [3.05, 3.63) is 0 Å². The van der Waals surface area contributed by atoms with Gasteiger partial charge in [0.2, 0.25) is 0 Å². The molecular formula is C15H35IN4S. The van der Waals surface area contributed by atoms with E-state index in [0.29, 0.717) is 6.04 Å². The predicted molar refractivity (Wildman–Crippen MR) is 109 cm³/mol. The van der Waals surface area contributed by atoms with E-state index in [9.17, 15) is 0 Å². The number of guanidine groups is 1. The highest BCUT2D eigenvalue weighted by Gasteiger charge is 2.15. The third-order valence-electron chi connectivity index (χ3n) is 3.61. The molecule has 0 aliphatic carbocycles. The van der Waals surface area contributed by atoms with Gasteiger partial charge in [0.25, 0.3) is 0 Å². The van der Waals surface area contributed by atoms with E-state index in [2.05, 4.69) is 68.4 Å². The van der Waals surface area contributed by atoms with Gasteiger partial charge < -0.3 is 15.5 Å². The van der Waals surface area contributed by atoms with Gasteiger partial charge >= 0.3 is 0 Å². The van der Waals surface area contributed by atoms with E-state index >= 15 is 0 Å². The maximum atomic E-state index is 4.67. The third kappa shape index (κ3) is 11.5. The maximum Gasteiger partial charge on any atom is 0.191 e. The van der Waals surface area contributed by atoms with Crippen LogP contribution in [0.4, 0.5) is 0 Å². The summed E-state index contributed by atoms with van der Waals surface area (Å²) in [5.74, 6) is 0.923. The Morgan fingerprint density at radius 3 is 2.38 bits per heavy atom. The van der Waals surface area contributed by atoms with Crippen molar-refractivity contribution < 1.29 is 0 Å². The number of hydrogen-bond acceptors (Lipinski definition) is 3. The van der Waals surface area contributed by atoms with Crippen molar-refractivity contribution in [3.8, 4) is 0 Å². The lowest BCUT2D eigenvalue weighted by Crippen LogP contribution is -2.43. The topological polar surface area (TPSA) is 39.7 Å². The van der Waals surface area contributed by atoms with Gasteiger partial charge in [0.05, 0.1) is 6.54 Å². The Balaban J connectivity index is 0. The second kappa shape index (κ2) is 12.8. The molecule has 0 heterocycles. The number of aliphatic imine (C=N–C) groups is 1. The molecule has 1 unspecified atom stereocenters. The summed E-state index contributed by atoms with van der Waals surface area (Å²) in [6, 6.07) is 0.631. The van der Waals surface area contributed by atoms with Gasteiger partial charge in [-0.2, -0.15) is 11.8 Å². The van der Waals surface area contributed by atoms with E-state index in [1.807, 2.05) is 11.8 Å². The van der Waals surface area contributed by atoms with Crippen molar-refractivity contribution in [2.24, 2.45) is 4.99 Å². The van der Waals surface area contributed by atoms with Crippen molar-refractivity contribution in [2.75, 3.05) is 39.5 Å². The molecule has 0 bridgehead atoms. The lowest BCUT2D eigenvalue weighted by Gasteiger charge is -2.24. The van der Waals surface area contributed by atoms with Gasteiger partial charge in [-0.15, -0.1) is 24.0 Å². The molecular weight excluding hydrogens is 395 g/mol. The Kier molecular flexibility index (Phi) is 14.4. The number of likely N-dealkylation sites (N-methyl/N-ethyl adjacent to an activating group) is 1. The van der Waals surface area contributed by atoms with Crippen molar-refractivity contribution in [3.63, 3.8) is 0 Å². The Morgan fingerprint density at radius 1 is 1.29 bits per heavy atom. The molecule has 0 radical (unpaired) electrons. The first-order valence-electron chi connectivity index (χ1n) is 7.63. The summed E-state index contributed by atoms with van der Waals surface area (Å²) in [6.45, 7) is 14.7. The van der Waals surface area contributed by atoms with Crippen LogP contribution in [0.15, 0.2) is 4.99 Å². The van der Waals surface area contributed by atoms with Crippen LogP contribution in [-0.4, -0.2) is 61.1 Å². The molecule has 6 heteroatoms. The molecule has 0 aromatic rings. The minimum Gasteiger partial charge on any atom is -0.357 e. The average Bonchev–Trinajstić information content (AvgIpc) is 2.43. The van der Waals surface area contributed by atoms with E-state index in [1.165, 1.54) is 6.42 Å². The normalized spacial score (nSPS) is 13.8. The lowest BCUT2D eigenvalue weighted by molar-refractivity contribution is 0.255. The fraction of sp³-hybridized carbons (Fsp3) is 0.933. The van der Waals surface area contributed by atoms with Crippen LogP contribution in [0.25, 0.3) is 0 Å². The van der Waals surface area contributed by atoms with Crippen molar-refractivity contribution in [1.82, 2.24) is 15.5 Å². The van der Waals surface area contributed by atoms with Gasteiger partial charge in [0, 0.05) is 30.4 Å². The molecule has 2 N–H and O–H groups in total. The van der Waals surface area contributed by atoms with Crippen LogP contribution >= 0.6 is 35.7 Å². The van der Waals surface area contributed by atoms with Crippen LogP contribution in [0.1, 0.15) is 41.0 Å². The van der Waals surface area contributed by atoms with Gasteiger partial charge in [-0.1, -0.05) is 6.92 Å². The second-order valence-electron chi connectivity index (χ2n) is 5.82. The first-order chi connectivity index (χ1) is 9.36. The van der Waals surface area contributed by atoms with E-state index < -0.39 is 0 Å². The first-order valence-corrected chi connectivity index (χ1v) is 8.86. The summed E-state index contributed by atoms with van der Waals surface area (Å²) in [7, 11) is 2.18. The number of halogens is 1. The van der Waals surface area contributed by atoms with E-state index in [-0.39, 0.29) is 28.7 Å². The number of nitrogens with one attached hydrogen (secondary N) is 2. The minimum atomic E-state index is 0. The Bertz CT molecular complexity index is 285. The van der Waals surface area contributed by atoms with Crippen LogP contribution in [0, 0.1) is 0 Å². The summed E-state index contributed by atoms with van der Waals surface area (Å²) < 4.78 is 0.190. The number of rotatable bonds is 9. The highest BCUT2D eigenvalue weighted by molar-refractivity contribution is 14.0. The Morgan fingerprint density at radius 2 is 1.90 bits per heavy atom.